The van der Waals surface area contributed by atoms with Crippen molar-refractivity contribution in [2.45, 2.75) is 33.2 Å². The number of ether oxygens (including phenoxy) is 1. The van der Waals surface area contributed by atoms with Gasteiger partial charge in [0.05, 0.1) is 18.9 Å². The van der Waals surface area contributed by atoms with Gasteiger partial charge in [-0.05, 0) is 57.5 Å². The number of rotatable bonds is 6. The third-order valence-corrected chi connectivity index (χ3v) is 5.64. The molecule has 0 bridgehead atoms. The van der Waals surface area contributed by atoms with Gasteiger partial charge in [0.15, 0.2) is 0 Å². The van der Waals surface area contributed by atoms with Gasteiger partial charge in [0, 0.05) is 54.8 Å². The van der Waals surface area contributed by atoms with E-state index >= 15 is 0 Å². The van der Waals surface area contributed by atoms with Crippen molar-refractivity contribution in [1.82, 2.24) is 5.43 Å². The molecule has 1 N–H and O–H groups in total. The first-order chi connectivity index (χ1) is 14.7. The van der Waals surface area contributed by atoms with Crippen molar-refractivity contribution in [1.29, 1.82) is 0 Å². The molecule has 6 heteroatoms. The highest BCUT2D eigenvalue weighted by Crippen LogP contribution is 2.41. The highest BCUT2D eigenvalue weighted by molar-refractivity contribution is 5.96. The number of hydrogen-bond donors (Lipinski definition) is 1. The molecule has 0 aliphatic carbocycles. The van der Waals surface area contributed by atoms with E-state index in [4.69, 9.17) is 4.74 Å². The summed E-state index contributed by atoms with van der Waals surface area (Å²) in [5, 5.41) is 4.19. The highest BCUT2D eigenvalue weighted by atomic mass is 16.5. The Morgan fingerprint density at radius 3 is 2.65 bits per heavy atom. The second kappa shape index (κ2) is 8.84. The molecule has 0 aromatic heterocycles. The van der Waals surface area contributed by atoms with Crippen LogP contribution < -0.4 is 20.0 Å². The van der Waals surface area contributed by atoms with Gasteiger partial charge in [-0.2, -0.15) is 5.10 Å². The summed E-state index contributed by atoms with van der Waals surface area (Å²) in [4.78, 5) is 16.8. The topological polar surface area (TPSA) is 57.2 Å². The second-order valence-corrected chi connectivity index (χ2v) is 8.48. The van der Waals surface area contributed by atoms with E-state index in [9.17, 15) is 4.79 Å². The van der Waals surface area contributed by atoms with Crippen molar-refractivity contribution >= 4 is 29.1 Å². The maximum atomic E-state index is 12.5. The van der Waals surface area contributed by atoms with Crippen molar-refractivity contribution in [2.75, 3.05) is 37.5 Å². The Balaban J connectivity index is 1.87. The lowest BCUT2D eigenvalue weighted by atomic mass is 9.88. The monoisotopic (exact) mass is 420 g/mol. The maximum absolute atomic E-state index is 12.5. The van der Waals surface area contributed by atoms with Gasteiger partial charge < -0.3 is 14.5 Å². The van der Waals surface area contributed by atoms with E-state index < -0.39 is 0 Å². The fourth-order valence-corrected chi connectivity index (χ4v) is 4.13. The fraction of sp³-hybridized carbons (Fsp3) is 0.360. The molecule has 1 amide bonds. The number of carbonyl (C=O) groups is 1. The Morgan fingerprint density at radius 1 is 1.26 bits per heavy atom. The number of benzene rings is 2. The quantitative estimate of drug-likeness (QED) is 0.550. The van der Waals surface area contributed by atoms with Crippen LogP contribution in [0.15, 0.2) is 47.6 Å². The van der Waals surface area contributed by atoms with Crippen LogP contribution in [0.1, 0.15) is 49.2 Å². The van der Waals surface area contributed by atoms with Crippen LogP contribution in [0, 0.1) is 0 Å². The molecule has 164 valence electrons. The van der Waals surface area contributed by atoms with Crippen LogP contribution in [-0.4, -0.2) is 45.4 Å². The molecule has 6 nitrogen and oxygen atoms in total. The lowest BCUT2D eigenvalue weighted by molar-refractivity contribution is 0.0955. The minimum Gasteiger partial charge on any atom is -0.496 e. The van der Waals surface area contributed by atoms with E-state index in [-0.39, 0.29) is 11.4 Å². The molecular weight excluding hydrogens is 388 g/mol. The Bertz CT molecular complexity index is 1040. The average Bonchev–Trinajstić information content (AvgIpc) is 2.73. The molecule has 3 rings (SSSR count). The molecule has 0 saturated heterocycles. The summed E-state index contributed by atoms with van der Waals surface area (Å²) in [6, 6.07) is 11.5. The summed E-state index contributed by atoms with van der Waals surface area (Å²) in [6.07, 6.45) is 3.92. The fourth-order valence-electron chi connectivity index (χ4n) is 4.13. The molecular formula is C25H32N4O2. The Labute approximate surface area is 185 Å². The molecule has 1 aliphatic rings. The van der Waals surface area contributed by atoms with Crippen LogP contribution in [0.2, 0.25) is 0 Å². The number of fused-ring (bicyclic) bond motifs is 1. The van der Waals surface area contributed by atoms with Crippen molar-refractivity contribution in [3.05, 3.63) is 59.2 Å². The molecule has 31 heavy (non-hydrogen) atoms. The first-order valence-electron chi connectivity index (χ1n) is 10.5. The van der Waals surface area contributed by atoms with Gasteiger partial charge in [0.1, 0.15) is 5.75 Å². The van der Waals surface area contributed by atoms with E-state index in [0.29, 0.717) is 5.56 Å². The Hall–Kier alpha value is -3.28. The Kier molecular flexibility index (Phi) is 6.39. The van der Waals surface area contributed by atoms with E-state index in [2.05, 4.69) is 61.3 Å². The number of allylic oxidation sites excluding steroid dienone is 1. The minimum atomic E-state index is -0.258. The molecule has 0 fully saturated rings. The first kappa shape index (κ1) is 22.4. The number of likely N-dealkylation sites (N-methyl/N-ethyl adjacent to an activating group) is 1. The number of nitrogens with one attached hydrogen (secondary N) is 1. The summed E-state index contributed by atoms with van der Waals surface area (Å²) >= 11 is 0. The van der Waals surface area contributed by atoms with Gasteiger partial charge in [0.2, 0.25) is 0 Å². The summed E-state index contributed by atoms with van der Waals surface area (Å²) in [5.41, 5.74) is 8.38. The van der Waals surface area contributed by atoms with Gasteiger partial charge in [-0.25, -0.2) is 5.43 Å². The SMILES string of the molecule is CCN1c2cc(OC)c(/C=N\NC(=O)c3cccc(N(C)C)c3)cc2C(C)=CC1(C)C. The number of anilines is 2. The van der Waals surface area contributed by atoms with Crippen LogP contribution in [0.25, 0.3) is 5.57 Å². The van der Waals surface area contributed by atoms with E-state index in [1.807, 2.05) is 37.2 Å². The molecule has 0 saturated carbocycles. The lowest BCUT2D eigenvalue weighted by Crippen LogP contribution is -2.44. The predicted octanol–water partition coefficient (Wildman–Crippen LogP) is 4.55. The van der Waals surface area contributed by atoms with Gasteiger partial charge >= 0.3 is 0 Å². The third-order valence-electron chi connectivity index (χ3n) is 5.64. The zero-order valence-electron chi connectivity index (χ0n) is 19.5. The standard InChI is InChI=1S/C25H32N4O2/c1-8-29-22-14-23(31-7)19(13-21(22)17(2)15-25(29,3)4)16-26-27-24(30)18-10-9-11-20(12-18)28(5)6/h9-16H,8H2,1-7H3,(H,27,30)/b26-16-. The van der Waals surface area contributed by atoms with Crippen molar-refractivity contribution in [3.8, 4) is 5.75 Å². The van der Waals surface area contributed by atoms with Crippen molar-refractivity contribution in [2.24, 2.45) is 5.10 Å². The van der Waals surface area contributed by atoms with Gasteiger partial charge in [-0.15, -0.1) is 0 Å². The summed E-state index contributed by atoms with van der Waals surface area (Å²) in [6.45, 7) is 9.60. The average molecular weight is 421 g/mol. The van der Waals surface area contributed by atoms with Crippen molar-refractivity contribution < 1.29 is 9.53 Å². The molecule has 0 spiro atoms. The molecule has 1 heterocycles. The zero-order valence-corrected chi connectivity index (χ0v) is 19.5. The van der Waals surface area contributed by atoms with E-state index in [1.54, 1.807) is 19.4 Å². The number of hydrogen-bond acceptors (Lipinski definition) is 5. The zero-order chi connectivity index (χ0) is 22.8. The van der Waals surface area contributed by atoms with Gasteiger partial charge in [-0.1, -0.05) is 12.1 Å². The lowest BCUT2D eigenvalue weighted by Gasteiger charge is -2.43. The summed E-state index contributed by atoms with van der Waals surface area (Å²) in [7, 11) is 5.53. The summed E-state index contributed by atoms with van der Waals surface area (Å²) in [5.74, 6) is 0.460. The van der Waals surface area contributed by atoms with Gasteiger partial charge in [0.25, 0.3) is 5.91 Å². The Morgan fingerprint density at radius 2 is 2.00 bits per heavy atom. The van der Waals surface area contributed by atoms with Crippen molar-refractivity contribution in [3.63, 3.8) is 0 Å². The van der Waals surface area contributed by atoms with Crippen LogP contribution in [0.3, 0.4) is 0 Å². The van der Waals surface area contributed by atoms with Crippen LogP contribution in [0.4, 0.5) is 11.4 Å². The van der Waals surface area contributed by atoms with E-state index in [0.717, 1.165) is 34.8 Å². The van der Waals surface area contributed by atoms with E-state index in [1.165, 1.54) is 5.57 Å². The predicted molar refractivity (Wildman–Crippen MR) is 130 cm³/mol. The molecule has 2 aromatic rings. The molecule has 1 aliphatic heterocycles. The maximum Gasteiger partial charge on any atom is 0.271 e. The smallest absolute Gasteiger partial charge is 0.271 e. The number of methoxy groups -OCH3 is 1. The normalized spacial score (nSPS) is 14.8. The first-order valence-corrected chi connectivity index (χ1v) is 10.5. The minimum absolute atomic E-state index is 0.0679. The second-order valence-electron chi connectivity index (χ2n) is 8.48. The molecule has 0 unspecified atom stereocenters. The highest BCUT2D eigenvalue weighted by Gasteiger charge is 2.31. The van der Waals surface area contributed by atoms with Gasteiger partial charge in [-0.3, -0.25) is 4.79 Å². The van der Waals surface area contributed by atoms with Crippen LogP contribution in [-0.2, 0) is 0 Å². The molecule has 2 aromatic carbocycles. The number of hydrazone groups is 1. The molecule has 0 radical (unpaired) electrons. The number of carbonyl (C=O) groups excluding carboxylic acids is 1. The third kappa shape index (κ3) is 4.58. The molecule has 0 atom stereocenters. The van der Waals surface area contributed by atoms with Crippen LogP contribution in [0.5, 0.6) is 5.75 Å². The largest absolute Gasteiger partial charge is 0.496 e. The summed E-state index contributed by atoms with van der Waals surface area (Å²) < 4.78 is 5.64. The van der Waals surface area contributed by atoms with Crippen LogP contribution >= 0.6 is 0 Å². The number of amides is 1. The number of nitrogens with zero attached hydrogens (tertiary/aromatic N) is 3.